The van der Waals surface area contributed by atoms with Crippen LogP contribution in [0.5, 0.6) is 23.0 Å². The van der Waals surface area contributed by atoms with Crippen LogP contribution < -0.4 is 24.8 Å². The van der Waals surface area contributed by atoms with E-state index in [0.717, 1.165) is 36.8 Å². The van der Waals surface area contributed by atoms with Gasteiger partial charge in [0.05, 0.1) is 0 Å². The number of hydrogen-bond donors (Lipinski definition) is 3. The van der Waals surface area contributed by atoms with Gasteiger partial charge in [-0.05, 0) is 61.1 Å². The lowest BCUT2D eigenvalue weighted by Gasteiger charge is -2.30. The number of benzene rings is 2. The number of carbonyl (C=O) groups excluding carboxylic acids is 3. The molecule has 188 valence electrons. The first-order chi connectivity index (χ1) is 16.7. The van der Waals surface area contributed by atoms with Crippen LogP contribution in [-0.2, 0) is 27.5 Å². The SMILES string of the molecule is CC(=O)Oc1cc(CN[C@H]2CC[C@H](NCc3ccc(OC(C)=O)c(OC(C)=O)c3)CC2)ccc1O. The molecule has 3 N–H and O–H groups in total. The molecule has 9 nitrogen and oxygen atoms in total. The summed E-state index contributed by atoms with van der Waals surface area (Å²) in [6, 6.07) is 10.9. The minimum absolute atomic E-state index is 0.0588. The van der Waals surface area contributed by atoms with Crippen molar-refractivity contribution >= 4 is 17.9 Å². The second-order valence-electron chi connectivity index (χ2n) is 8.67. The van der Waals surface area contributed by atoms with Crippen LogP contribution in [0.1, 0.15) is 57.6 Å². The highest BCUT2D eigenvalue weighted by Gasteiger charge is 2.21. The van der Waals surface area contributed by atoms with E-state index in [9.17, 15) is 19.5 Å². The van der Waals surface area contributed by atoms with Gasteiger partial charge in [-0.3, -0.25) is 14.4 Å². The molecule has 0 atom stereocenters. The van der Waals surface area contributed by atoms with Crippen molar-refractivity contribution in [3.05, 3.63) is 47.5 Å². The van der Waals surface area contributed by atoms with Crippen molar-refractivity contribution < 1.29 is 33.7 Å². The summed E-state index contributed by atoms with van der Waals surface area (Å²) in [5.41, 5.74) is 1.85. The van der Waals surface area contributed by atoms with E-state index in [1.165, 1.54) is 26.8 Å². The van der Waals surface area contributed by atoms with Crippen LogP contribution in [0.15, 0.2) is 36.4 Å². The van der Waals surface area contributed by atoms with Crippen molar-refractivity contribution in [1.29, 1.82) is 0 Å². The summed E-state index contributed by atoms with van der Waals surface area (Å²) in [6.07, 6.45) is 4.04. The molecule has 0 radical (unpaired) electrons. The summed E-state index contributed by atoms with van der Waals surface area (Å²) in [4.78, 5) is 33.9. The van der Waals surface area contributed by atoms with Gasteiger partial charge < -0.3 is 30.0 Å². The summed E-state index contributed by atoms with van der Waals surface area (Å²) < 4.78 is 15.3. The smallest absolute Gasteiger partial charge is 0.308 e. The van der Waals surface area contributed by atoms with Crippen LogP contribution in [0.25, 0.3) is 0 Å². The molecule has 2 aromatic carbocycles. The number of phenolic OH excluding ortho intramolecular Hbond substituents is 1. The summed E-state index contributed by atoms with van der Waals surface area (Å²) in [7, 11) is 0. The van der Waals surface area contributed by atoms with E-state index in [1.807, 2.05) is 6.07 Å². The van der Waals surface area contributed by atoms with Crippen LogP contribution in [0.3, 0.4) is 0 Å². The molecule has 0 unspecified atom stereocenters. The molecule has 1 fully saturated rings. The third-order valence-corrected chi connectivity index (χ3v) is 5.71. The molecule has 0 amide bonds. The standard InChI is InChI=1S/C26H32N2O7/c1-16(29)33-24-11-5-20(13-26(24)35-18(3)31)15-28-22-8-6-21(7-9-22)27-14-19-4-10-23(32)25(12-19)34-17(2)30/h4-5,10-13,21-22,27-28,32H,6-9,14-15H2,1-3H3/t21-,22-. The van der Waals surface area contributed by atoms with Gasteiger partial charge in [-0.1, -0.05) is 12.1 Å². The molecule has 0 saturated heterocycles. The van der Waals surface area contributed by atoms with E-state index in [-0.39, 0.29) is 23.0 Å². The van der Waals surface area contributed by atoms with Crippen LogP contribution >= 0.6 is 0 Å². The number of aromatic hydroxyl groups is 1. The molecule has 1 aliphatic rings. The van der Waals surface area contributed by atoms with Crippen molar-refractivity contribution in [2.45, 2.75) is 71.6 Å². The Morgan fingerprint density at radius 2 is 1.14 bits per heavy atom. The molecule has 1 aliphatic carbocycles. The fraction of sp³-hybridized carbons (Fsp3) is 0.423. The highest BCUT2D eigenvalue weighted by atomic mass is 16.6. The number of phenols is 1. The van der Waals surface area contributed by atoms with Crippen molar-refractivity contribution in [3.8, 4) is 23.0 Å². The number of carbonyl (C=O) groups is 3. The maximum absolute atomic E-state index is 11.4. The first-order valence-electron chi connectivity index (χ1n) is 11.7. The van der Waals surface area contributed by atoms with E-state index < -0.39 is 17.9 Å². The van der Waals surface area contributed by atoms with Gasteiger partial charge in [-0.2, -0.15) is 0 Å². The number of ether oxygens (including phenoxy) is 3. The van der Waals surface area contributed by atoms with E-state index in [0.29, 0.717) is 25.2 Å². The zero-order valence-corrected chi connectivity index (χ0v) is 20.3. The maximum atomic E-state index is 11.4. The van der Waals surface area contributed by atoms with E-state index >= 15 is 0 Å². The monoisotopic (exact) mass is 484 g/mol. The molecule has 0 aromatic heterocycles. The molecule has 1 saturated carbocycles. The molecule has 0 heterocycles. The van der Waals surface area contributed by atoms with Gasteiger partial charge in [0.15, 0.2) is 23.0 Å². The molecule has 0 aliphatic heterocycles. The van der Waals surface area contributed by atoms with Gasteiger partial charge in [-0.15, -0.1) is 0 Å². The van der Waals surface area contributed by atoms with Crippen LogP contribution in [0.2, 0.25) is 0 Å². The Hall–Kier alpha value is -3.43. The minimum Gasteiger partial charge on any atom is -0.504 e. The summed E-state index contributed by atoms with van der Waals surface area (Å²) in [6.45, 7) is 5.11. The predicted octanol–water partition coefficient (Wildman–Crippen LogP) is 3.36. The molecule has 35 heavy (non-hydrogen) atoms. The zero-order valence-electron chi connectivity index (χ0n) is 20.3. The summed E-state index contributed by atoms with van der Waals surface area (Å²) in [5, 5.41) is 16.9. The maximum Gasteiger partial charge on any atom is 0.308 e. The third-order valence-electron chi connectivity index (χ3n) is 5.71. The van der Waals surface area contributed by atoms with Crippen molar-refractivity contribution in [1.82, 2.24) is 10.6 Å². The van der Waals surface area contributed by atoms with E-state index in [2.05, 4.69) is 10.6 Å². The number of esters is 3. The average Bonchev–Trinajstić information content (AvgIpc) is 2.79. The second kappa shape index (κ2) is 12.3. The average molecular weight is 485 g/mol. The second-order valence-corrected chi connectivity index (χ2v) is 8.67. The third kappa shape index (κ3) is 8.38. The Morgan fingerprint density at radius 1 is 0.714 bits per heavy atom. The quantitative estimate of drug-likeness (QED) is 0.363. The zero-order chi connectivity index (χ0) is 25.4. The minimum atomic E-state index is -0.482. The van der Waals surface area contributed by atoms with Crippen LogP contribution in [0.4, 0.5) is 0 Å². The Kier molecular flexibility index (Phi) is 9.22. The molecule has 3 rings (SSSR count). The van der Waals surface area contributed by atoms with Gasteiger partial charge in [0.1, 0.15) is 0 Å². The first kappa shape index (κ1) is 26.2. The lowest BCUT2D eigenvalue weighted by molar-refractivity contribution is -0.134. The largest absolute Gasteiger partial charge is 0.504 e. The molecular weight excluding hydrogens is 452 g/mol. The number of rotatable bonds is 9. The van der Waals surface area contributed by atoms with Crippen LogP contribution in [-0.4, -0.2) is 35.1 Å². The van der Waals surface area contributed by atoms with Crippen molar-refractivity contribution in [2.75, 3.05) is 0 Å². The fourth-order valence-electron chi connectivity index (χ4n) is 4.07. The van der Waals surface area contributed by atoms with E-state index in [1.54, 1.807) is 24.3 Å². The Balaban J connectivity index is 1.46. The Morgan fingerprint density at radius 3 is 1.66 bits per heavy atom. The lowest BCUT2D eigenvalue weighted by Crippen LogP contribution is -2.39. The molecule has 0 bridgehead atoms. The first-order valence-corrected chi connectivity index (χ1v) is 11.7. The molecule has 9 heteroatoms. The summed E-state index contributed by atoms with van der Waals surface area (Å²) >= 11 is 0. The fourth-order valence-corrected chi connectivity index (χ4v) is 4.07. The molecule has 0 spiro atoms. The lowest BCUT2D eigenvalue weighted by atomic mass is 9.91. The van der Waals surface area contributed by atoms with Gasteiger partial charge in [0.2, 0.25) is 0 Å². The molecular formula is C26H32N2O7. The summed E-state index contributed by atoms with van der Waals surface area (Å²) in [5.74, 6) is -0.880. The van der Waals surface area contributed by atoms with Crippen LogP contribution in [0, 0.1) is 0 Å². The van der Waals surface area contributed by atoms with Gasteiger partial charge in [0, 0.05) is 45.9 Å². The number of nitrogens with one attached hydrogen (secondary N) is 2. The highest BCUT2D eigenvalue weighted by Crippen LogP contribution is 2.30. The van der Waals surface area contributed by atoms with Gasteiger partial charge in [0.25, 0.3) is 0 Å². The van der Waals surface area contributed by atoms with Crippen molar-refractivity contribution in [2.24, 2.45) is 0 Å². The predicted molar refractivity (Wildman–Crippen MR) is 128 cm³/mol. The van der Waals surface area contributed by atoms with Gasteiger partial charge in [-0.25, -0.2) is 0 Å². The Bertz CT molecular complexity index is 1060. The van der Waals surface area contributed by atoms with Crippen molar-refractivity contribution in [3.63, 3.8) is 0 Å². The van der Waals surface area contributed by atoms with Gasteiger partial charge >= 0.3 is 17.9 Å². The van der Waals surface area contributed by atoms with E-state index in [4.69, 9.17) is 14.2 Å². The Labute approximate surface area is 204 Å². The normalized spacial score (nSPS) is 17.5. The molecule has 2 aromatic rings. The highest BCUT2D eigenvalue weighted by molar-refractivity contribution is 5.73. The number of hydrogen-bond acceptors (Lipinski definition) is 9. The topological polar surface area (TPSA) is 123 Å².